The van der Waals surface area contributed by atoms with Crippen LogP contribution in [0, 0.1) is 6.92 Å². The molecule has 1 fully saturated rings. The summed E-state index contributed by atoms with van der Waals surface area (Å²) in [5.74, 6) is 0.680. The van der Waals surface area contributed by atoms with Crippen molar-refractivity contribution in [2.24, 2.45) is 0 Å². The Morgan fingerprint density at radius 3 is 2.37 bits per heavy atom. The van der Waals surface area contributed by atoms with E-state index >= 15 is 0 Å². The van der Waals surface area contributed by atoms with Crippen molar-refractivity contribution in [3.05, 3.63) is 65.5 Å². The molecule has 2 aromatic carbocycles. The Balaban J connectivity index is 1.22. The van der Waals surface area contributed by atoms with Gasteiger partial charge < -0.3 is 4.90 Å². The first-order valence-corrected chi connectivity index (χ1v) is 13.4. The summed E-state index contributed by atoms with van der Waals surface area (Å²) < 4.78 is 30.0. The third-order valence-corrected chi connectivity index (χ3v) is 8.89. The van der Waals surface area contributed by atoms with Gasteiger partial charge in [-0.1, -0.05) is 29.0 Å². The fourth-order valence-electron chi connectivity index (χ4n) is 4.99. The maximum Gasteiger partial charge on any atom is 0.243 e. The maximum absolute atomic E-state index is 13.4. The summed E-state index contributed by atoms with van der Waals surface area (Å²) in [5.41, 5.74) is 5.74. The number of piperazine rings is 1. The van der Waals surface area contributed by atoms with E-state index in [1.54, 1.807) is 15.1 Å². The van der Waals surface area contributed by atoms with E-state index in [-0.39, 0.29) is 0 Å². The molecule has 1 aliphatic heterocycles. The zero-order chi connectivity index (χ0) is 24.0. The van der Waals surface area contributed by atoms with Crippen molar-refractivity contribution in [2.45, 2.75) is 37.5 Å². The number of sulfonamides is 1. The summed E-state index contributed by atoms with van der Waals surface area (Å²) in [4.78, 5) is 11.4. The average molecular weight is 490 g/mol. The molecule has 6 rings (SSSR count). The van der Waals surface area contributed by atoms with Crippen molar-refractivity contribution in [3.8, 4) is 5.69 Å². The molecule has 9 nitrogen and oxygen atoms in total. The van der Waals surface area contributed by atoms with Crippen LogP contribution in [0.25, 0.3) is 16.9 Å². The van der Waals surface area contributed by atoms with E-state index in [4.69, 9.17) is 0 Å². The molecule has 1 saturated heterocycles. The SMILES string of the molecule is Cc1ccc(-n2nnc3c(N4CCN(S(=O)(=O)c5ccc6c(c5)CCCC6)CC4)ncnc32)cc1. The van der Waals surface area contributed by atoms with Crippen molar-refractivity contribution in [3.63, 3.8) is 0 Å². The number of hydrogen-bond donors (Lipinski definition) is 0. The molecule has 0 saturated carbocycles. The maximum atomic E-state index is 13.4. The number of benzene rings is 2. The first-order valence-electron chi connectivity index (χ1n) is 12.0. The number of aromatic nitrogens is 5. The topological polar surface area (TPSA) is 97.1 Å². The van der Waals surface area contributed by atoms with Crippen LogP contribution < -0.4 is 4.90 Å². The molecule has 2 aliphatic rings. The molecule has 0 bridgehead atoms. The smallest absolute Gasteiger partial charge is 0.243 e. The summed E-state index contributed by atoms with van der Waals surface area (Å²) in [5, 5.41) is 8.67. The molecule has 0 N–H and O–H groups in total. The second kappa shape index (κ2) is 8.69. The van der Waals surface area contributed by atoms with Crippen LogP contribution in [0.3, 0.4) is 0 Å². The highest BCUT2D eigenvalue weighted by Crippen LogP contribution is 2.28. The van der Waals surface area contributed by atoms with Crippen LogP contribution in [0.15, 0.2) is 53.7 Å². The van der Waals surface area contributed by atoms with E-state index < -0.39 is 10.0 Å². The van der Waals surface area contributed by atoms with Crippen molar-refractivity contribution < 1.29 is 8.42 Å². The summed E-state index contributed by atoms with van der Waals surface area (Å²) >= 11 is 0. The van der Waals surface area contributed by atoms with Crippen LogP contribution in [0.4, 0.5) is 5.82 Å². The number of nitrogens with zero attached hydrogens (tertiary/aromatic N) is 7. The van der Waals surface area contributed by atoms with Gasteiger partial charge in [0.15, 0.2) is 17.0 Å². The van der Waals surface area contributed by atoms with Crippen molar-refractivity contribution in [2.75, 3.05) is 31.1 Å². The number of aryl methyl sites for hydroxylation is 3. The molecule has 0 amide bonds. The lowest BCUT2D eigenvalue weighted by Crippen LogP contribution is -2.49. The normalized spacial score (nSPS) is 17.0. The van der Waals surface area contributed by atoms with E-state index in [1.165, 1.54) is 23.9 Å². The van der Waals surface area contributed by atoms with E-state index in [2.05, 4.69) is 25.2 Å². The minimum atomic E-state index is -3.54. The van der Waals surface area contributed by atoms with Gasteiger partial charge in [-0.3, -0.25) is 0 Å². The highest BCUT2D eigenvalue weighted by Gasteiger charge is 2.31. The molecular weight excluding hydrogens is 462 g/mol. The van der Waals surface area contributed by atoms with Gasteiger partial charge >= 0.3 is 0 Å². The molecule has 0 unspecified atom stereocenters. The van der Waals surface area contributed by atoms with Gasteiger partial charge in [-0.15, -0.1) is 5.10 Å². The monoisotopic (exact) mass is 489 g/mol. The Kier molecular flexibility index (Phi) is 5.49. The van der Waals surface area contributed by atoms with E-state index in [0.29, 0.717) is 48.1 Å². The molecule has 1 aliphatic carbocycles. The lowest BCUT2D eigenvalue weighted by Gasteiger charge is -2.34. The number of anilines is 1. The second-order valence-electron chi connectivity index (χ2n) is 9.24. The fraction of sp³-hybridized carbons (Fsp3) is 0.360. The number of rotatable bonds is 4. The average Bonchev–Trinajstić information content (AvgIpc) is 3.33. The number of fused-ring (bicyclic) bond motifs is 2. The Hall–Kier alpha value is -3.37. The zero-order valence-corrected chi connectivity index (χ0v) is 20.4. The van der Waals surface area contributed by atoms with E-state index in [1.807, 2.05) is 43.3 Å². The minimum absolute atomic E-state index is 0.386. The zero-order valence-electron chi connectivity index (χ0n) is 19.6. The molecule has 4 aromatic rings. The van der Waals surface area contributed by atoms with Gasteiger partial charge in [-0.05, 0) is 68.0 Å². The van der Waals surface area contributed by atoms with Gasteiger partial charge in [-0.25, -0.2) is 18.4 Å². The quantitative estimate of drug-likeness (QED) is 0.435. The highest BCUT2D eigenvalue weighted by atomic mass is 32.2. The van der Waals surface area contributed by atoms with Crippen LogP contribution in [-0.4, -0.2) is 63.9 Å². The molecule has 0 atom stereocenters. The summed E-state index contributed by atoms with van der Waals surface area (Å²) in [6.07, 6.45) is 5.81. The molecule has 35 heavy (non-hydrogen) atoms. The molecule has 2 aromatic heterocycles. The van der Waals surface area contributed by atoms with Gasteiger partial charge in [0.25, 0.3) is 0 Å². The van der Waals surface area contributed by atoms with E-state index in [9.17, 15) is 8.42 Å². The van der Waals surface area contributed by atoms with Gasteiger partial charge in [0.1, 0.15) is 6.33 Å². The highest BCUT2D eigenvalue weighted by molar-refractivity contribution is 7.89. The van der Waals surface area contributed by atoms with Crippen LogP contribution in [0.1, 0.15) is 29.5 Å². The lowest BCUT2D eigenvalue weighted by molar-refractivity contribution is 0.384. The van der Waals surface area contributed by atoms with Crippen LogP contribution >= 0.6 is 0 Å². The van der Waals surface area contributed by atoms with Crippen LogP contribution in [0.2, 0.25) is 0 Å². The third-order valence-electron chi connectivity index (χ3n) is 6.99. The molecule has 0 radical (unpaired) electrons. The first-order chi connectivity index (χ1) is 17.0. The Morgan fingerprint density at radius 1 is 0.857 bits per heavy atom. The molecule has 0 spiro atoms. The Morgan fingerprint density at radius 2 is 1.60 bits per heavy atom. The number of hydrogen-bond acceptors (Lipinski definition) is 7. The molecule has 10 heteroatoms. The fourth-order valence-corrected chi connectivity index (χ4v) is 6.46. The molecular formula is C25H27N7O2S. The van der Waals surface area contributed by atoms with Gasteiger partial charge in [0.2, 0.25) is 10.0 Å². The standard InChI is InChI=1S/C25H27N7O2S/c1-18-6-9-21(10-7-18)32-25-23(28-29-32)24(26-17-27-25)30-12-14-31(15-13-30)35(33,34)22-11-8-19-4-2-3-5-20(19)16-22/h6-11,16-17H,2-5,12-15H2,1H3. The Labute approximate surface area is 204 Å². The predicted octanol–water partition coefficient (Wildman–Crippen LogP) is 2.91. The van der Waals surface area contributed by atoms with Gasteiger partial charge in [0, 0.05) is 26.2 Å². The van der Waals surface area contributed by atoms with Crippen LogP contribution in [-0.2, 0) is 22.9 Å². The molecule has 180 valence electrons. The summed E-state index contributed by atoms with van der Waals surface area (Å²) in [7, 11) is -3.54. The largest absolute Gasteiger partial charge is 0.352 e. The second-order valence-corrected chi connectivity index (χ2v) is 11.2. The van der Waals surface area contributed by atoms with E-state index in [0.717, 1.165) is 30.5 Å². The van der Waals surface area contributed by atoms with Crippen molar-refractivity contribution >= 4 is 27.0 Å². The summed E-state index contributed by atoms with van der Waals surface area (Å²) in [6.45, 7) is 3.85. The van der Waals surface area contributed by atoms with Gasteiger partial charge in [0.05, 0.1) is 10.6 Å². The van der Waals surface area contributed by atoms with Crippen molar-refractivity contribution in [1.82, 2.24) is 29.3 Å². The molecule has 3 heterocycles. The summed E-state index contributed by atoms with van der Waals surface area (Å²) in [6, 6.07) is 13.6. The first kappa shape index (κ1) is 22.1. The Bertz CT molecular complexity index is 1490. The third kappa shape index (κ3) is 3.96. The van der Waals surface area contributed by atoms with Gasteiger partial charge in [-0.2, -0.15) is 8.99 Å². The van der Waals surface area contributed by atoms with Crippen LogP contribution in [0.5, 0.6) is 0 Å². The predicted molar refractivity (Wildman–Crippen MR) is 133 cm³/mol. The van der Waals surface area contributed by atoms with Crippen molar-refractivity contribution in [1.29, 1.82) is 0 Å². The lowest BCUT2D eigenvalue weighted by atomic mass is 9.92. The minimum Gasteiger partial charge on any atom is -0.352 e.